The molecule has 0 fully saturated rings. The van der Waals surface area contributed by atoms with Crippen molar-refractivity contribution >= 4 is 67.8 Å². The van der Waals surface area contributed by atoms with Crippen LogP contribution in [-0.2, 0) is 0 Å². The van der Waals surface area contributed by atoms with Gasteiger partial charge in [0, 0.05) is 51.5 Å². The Kier molecular flexibility index (Phi) is 8.38. The van der Waals surface area contributed by atoms with Crippen molar-refractivity contribution in [3.8, 4) is 16.9 Å². The first kappa shape index (κ1) is 34.8. The van der Waals surface area contributed by atoms with Crippen LogP contribution in [0.2, 0.25) is 0 Å². The van der Waals surface area contributed by atoms with Crippen molar-refractivity contribution in [2.24, 2.45) is 0 Å². The van der Waals surface area contributed by atoms with Crippen LogP contribution in [0.3, 0.4) is 0 Å². The number of nitrogens with zero attached hydrogens (tertiary/aromatic N) is 4. The van der Waals surface area contributed by atoms with Crippen molar-refractivity contribution in [1.29, 1.82) is 0 Å². The quantitative estimate of drug-likeness (QED) is 0.151. The molecule has 59 heavy (non-hydrogen) atoms. The van der Waals surface area contributed by atoms with Crippen LogP contribution in [0.25, 0.3) is 38.9 Å². The summed E-state index contributed by atoms with van der Waals surface area (Å²) < 4.78 is 19.0. The van der Waals surface area contributed by atoms with Crippen LogP contribution >= 0.6 is 0 Å². The van der Waals surface area contributed by atoms with Crippen molar-refractivity contribution in [1.82, 2.24) is 14.5 Å². The van der Waals surface area contributed by atoms with Gasteiger partial charge in [0.25, 0.3) is 0 Å². The molecule has 11 rings (SSSR count). The third-order valence-corrected chi connectivity index (χ3v) is 16.7. The normalized spacial score (nSPS) is 13.5. The Bertz CT molecular complexity index is 3090. The van der Waals surface area contributed by atoms with E-state index in [1.54, 1.807) is 6.20 Å². The number of aromatic nitrogens is 3. The number of alkyl halides is 1. The molecule has 0 bridgehead atoms. The minimum absolute atomic E-state index is 0.575. The average Bonchev–Trinajstić information content (AvgIpc) is 3.66. The average molecular weight is 777 g/mol. The highest BCUT2D eigenvalue weighted by Crippen LogP contribution is 2.43. The minimum atomic E-state index is -3.07. The van der Waals surface area contributed by atoms with Crippen molar-refractivity contribution in [2.45, 2.75) is 6.17 Å². The van der Waals surface area contributed by atoms with Crippen molar-refractivity contribution < 1.29 is 4.39 Å². The van der Waals surface area contributed by atoms with Gasteiger partial charge in [0.2, 0.25) is 0 Å². The maximum atomic E-state index is 16.8. The lowest BCUT2D eigenvalue weighted by Crippen LogP contribution is -2.77. The fourth-order valence-electron chi connectivity index (χ4n) is 9.40. The summed E-state index contributed by atoms with van der Waals surface area (Å²) in [5, 5.41) is 7.45. The molecule has 1 aliphatic heterocycles. The number of fused-ring (bicyclic) bond motifs is 6. The molecule has 280 valence electrons. The van der Waals surface area contributed by atoms with Crippen molar-refractivity contribution in [2.75, 3.05) is 4.90 Å². The van der Waals surface area contributed by atoms with Crippen LogP contribution in [0.15, 0.2) is 219 Å². The second-order valence-corrected chi connectivity index (χ2v) is 18.7. The van der Waals surface area contributed by atoms with E-state index in [9.17, 15) is 0 Å². The first-order valence-corrected chi connectivity index (χ1v) is 22.0. The number of halogens is 1. The Morgan fingerprint density at radius 2 is 1.14 bits per heavy atom. The predicted molar refractivity (Wildman–Crippen MR) is 243 cm³/mol. The maximum absolute atomic E-state index is 16.8. The molecule has 3 aromatic heterocycles. The lowest BCUT2D eigenvalue weighted by atomic mass is 9.99. The summed E-state index contributed by atoms with van der Waals surface area (Å²) in [6, 6.07) is 72.0. The van der Waals surface area contributed by atoms with Gasteiger partial charge >= 0.3 is 0 Å². The first-order chi connectivity index (χ1) is 29.2. The van der Waals surface area contributed by atoms with Gasteiger partial charge in [-0.05, 0) is 105 Å². The molecule has 1 atom stereocenters. The van der Waals surface area contributed by atoms with Gasteiger partial charge in [-0.25, -0.2) is 9.37 Å². The van der Waals surface area contributed by atoms with E-state index in [4.69, 9.17) is 4.98 Å². The molecule has 0 aliphatic carbocycles. The van der Waals surface area contributed by atoms with Gasteiger partial charge in [-0.1, -0.05) is 133 Å². The van der Waals surface area contributed by atoms with Gasteiger partial charge < -0.3 is 4.90 Å². The molecule has 0 radical (unpaired) electrons. The highest BCUT2D eigenvalue weighted by molar-refractivity contribution is 7.22. The van der Waals surface area contributed by atoms with E-state index < -0.39 is 14.2 Å². The summed E-state index contributed by atoms with van der Waals surface area (Å²) in [6.45, 7) is 0. The molecule has 4 nitrogen and oxygen atoms in total. The van der Waals surface area contributed by atoms with Crippen LogP contribution in [-0.4, -0.2) is 22.6 Å². The van der Waals surface area contributed by atoms with Crippen LogP contribution in [0, 0.1) is 0 Å². The maximum Gasteiger partial charge on any atom is 0.184 e. The van der Waals surface area contributed by atoms with E-state index in [1.807, 2.05) is 72.9 Å². The Labute approximate surface area is 343 Å². The molecule has 0 amide bonds. The van der Waals surface area contributed by atoms with E-state index >= 15 is 4.39 Å². The number of pyridine rings is 2. The SMILES string of the molecule is FC(c1cccc(-c2ccccn2)c1)c1cccc(-n2c3ccc4c(c3c3cccnc32)[Si](c2ccccc2)(c2ccccc2)c2ccccc2N4c2ccccc2)c1. The highest BCUT2D eigenvalue weighted by Gasteiger charge is 2.50. The number of rotatable bonds is 7. The number of benzene rings is 7. The lowest BCUT2D eigenvalue weighted by Gasteiger charge is -2.45. The second-order valence-electron chi connectivity index (χ2n) is 15.0. The van der Waals surface area contributed by atoms with E-state index in [2.05, 4.69) is 154 Å². The summed E-state index contributed by atoms with van der Waals surface area (Å²) >= 11 is 0. The molecular formula is C53H37FN4Si. The van der Waals surface area contributed by atoms with E-state index in [-0.39, 0.29) is 0 Å². The topological polar surface area (TPSA) is 34.0 Å². The first-order valence-electron chi connectivity index (χ1n) is 20.0. The van der Waals surface area contributed by atoms with Crippen LogP contribution < -0.4 is 25.6 Å². The molecule has 7 aromatic carbocycles. The Hall–Kier alpha value is -7.41. The fourth-order valence-corrected chi connectivity index (χ4v) is 14.7. The van der Waals surface area contributed by atoms with Gasteiger partial charge in [0.05, 0.1) is 11.2 Å². The van der Waals surface area contributed by atoms with Crippen LogP contribution in [0.4, 0.5) is 21.5 Å². The summed E-state index contributed by atoms with van der Waals surface area (Å²) in [7, 11) is -3.07. The summed E-state index contributed by atoms with van der Waals surface area (Å²) in [5.74, 6) is 0. The predicted octanol–water partition coefficient (Wildman–Crippen LogP) is 10.5. The molecule has 0 saturated heterocycles. The molecule has 0 spiro atoms. The number of hydrogen-bond acceptors (Lipinski definition) is 3. The molecule has 0 saturated carbocycles. The number of anilines is 3. The molecular weight excluding hydrogens is 740 g/mol. The van der Waals surface area contributed by atoms with E-state index in [0.29, 0.717) is 11.1 Å². The Morgan fingerprint density at radius 3 is 1.88 bits per heavy atom. The van der Waals surface area contributed by atoms with Crippen molar-refractivity contribution in [3.05, 3.63) is 230 Å². The standard InChI is InChI=1S/C53H37FN4Si/c54-51(38-18-14-17-37(35-38)45-28-12-13-33-55-45)39-19-15-22-41(36-39)58-47-31-32-48-52(50(47)44-27-16-34-56-53(44)58)59(42-23-6-2-7-24-42,43-25-8-3-9-26-43)49-30-11-10-29-46(49)57(48)40-20-4-1-5-21-40/h1-36,51H. The van der Waals surface area contributed by atoms with Gasteiger partial charge in [-0.3, -0.25) is 9.55 Å². The second kappa shape index (κ2) is 14.2. The Balaban J connectivity index is 1.20. The van der Waals surface area contributed by atoms with Gasteiger partial charge in [0.15, 0.2) is 14.2 Å². The zero-order valence-corrected chi connectivity index (χ0v) is 33.0. The minimum Gasteiger partial charge on any atom is -0.311 e. The van der Waals surface area contributed by atoms with Gasteiger partial charge in [0.1, 0.15) is 5.65 Å². The third kappa shape index (κ3) is 5.48. The van der Waals surface area contributed by atoms with E-state index in [1.165, 1.54) is 26.4 Å². The van der Waals surface area contributed by atoms with Crippen LogP contribution in [0.1, 0.15) is 17.3 Å². The largest absolute Gasteiger partial charge is 0.311 e. The summed E-state index contributed by atoms with van der Waals surface area (Å²) in [4.78, 5) is 12.0. The molecule has 4 heterocycles. The van der Waals surface area contributed by atoms with Gasteiger partial charge in [-0.15, -0.1) is 0 Å². The highest BCUT2D eigenvalue weighted by atomic mass is 28.3. The number of hydrogen-bond donors (Lipinski definition) is 0. The zero-order chi connectivity index (χ0) is 39.3. The molecule has 1 aliphatic rings. The molecule has 1 unspecified atom stereocenters. The van der Waals surface area contributed by atoms with E-state index in [0.717, 1.165) is 50.3 Å². The Morgan fingerprint density at radius 1 is 0.492 bits per heavy atom. The van der Waals surface area contributed by atoms with Gasteiger partial charge in [-0.2, -0.15) is 0 Å². The molecule has 0 N–H and O–H groups in total. The lowest BCUT2D eigenvalue weighted by molar-refractivity contribution is 0.402. The fraction of sp³-hybridized carbons (Fsp3) is 0.0189. The number of para-hydroxylation sites is 2. The smallest absolute Gasteiger partial charge is 0.184 e. The third-order valence-electron chi connectivity index (χ3n) is 11.8. The van der Waals surface area contributed by atoms with Crippen LogP contribution in [0.5, 0.6) is 0 Å². The summed E-state index contributed by atoms with van der Waals surface area (Å²) in [6.07, 6.45) is 2.28. The summed E-state index contributed by atoms with van der Waals surface area (Å²) in [5.41, 5.74) is 8.99. The monoisotopic (exact) mass is 776 g/mol. The van der Waals surface area contributed by atoms with Crippen molar-refractivity contribution in [3.63, 3.8) is 0 Å². The zero-order valence-electron chi connectivity index (χ0n) is 32.0. The molecule has 6 heteroatoms. The molecule has 10 aromatic rings.